The summed E-state index contributed by atoms with van der Waals surface area (Å²) in [6, 6.07) is 14.3. The summed E-state index contributed by atoms with van der Waals surface area (Å²) in [4.78, 5) is 8.72. The van der Waals surface area contributed by atoms with Crippen LogP contribution in [0.15, 0.2) is 48.7 Å². The van der Waals surface area contributed by atoms with Gasteiger partial charge in [0, 0.05) is 23.6 Å². The topological polar surface area (TPSA) is 92.5 Å². The molecule has 6 heteroatoms. The Morgan fingerprint density at radius 2 is 1.96 bits per heavy atom. The fraction of sp³-hybridized carbons (Fsp3) is 0.150. The number of nitrogen functional groups attached to an aromatic ring is 1. The molecule has 4 N–H and O–H groups in total. The second kappa shape index (κ2) is 6.48. The number of hydrogen-bond donors (Lipinski definition) is 3. The summed E-state index contributed by atoms with van der Waals surface area (Å²) in [6.07, 6.45) is 1.81. The Balaban J connectivity index is 1.60. The first-order valence-corrected chi connectivity index (χ1v) is 8.47. The molecule has 0 radical (unpaired) electrons. The molecule has 0 bridgehead atoms. The van der Waals surface area contributed by atoms with Gasteiger partial charge in [-0.25, -0.2) is 4.98 Å². The van der Waals surface area contributed by atoms with E-state index < -0.39 is 0 Å². The van der Waals surface area contributed by atoms with Gasteiger partial charge >= 0.3 is 0 Å². The first kappa shape index (κ1) is 16.1. The summed E-state index contributed by atoms with van der Waals surface area (Å²) in [5.74, 6) is 0.966. The predicted molar refractivity (Wildman–Crippen MR) is 105 cm³/mol. The summed E-state index contributed by atoms with van der Waals surface area (Å²) < 4.78 is 0. The lowest BCUT2D eigenvalue weighted by atomic mass is 10.0. The minimum absolute atomic E-state index is 0.259. The van der Waals surface area contributed by atoms with Gasteiger partial charge in [-0.15, -0.1) is 0 Å². The monoisotopic (exact) mass is 344 g/mol. The van der Waals surface area contributed by atoms with Crippen molar-refractivity contribution in [3.63, 3.8) is 0 Å². The number of aromatic nitrogens is 4. The van der Waals surface area contributed by atoms with E-state index >= 15 is 0 Å². The van der Waals surface area contributed by atoms with E-state index in [0.29, 0.717) is 12.4 Å². The van der Waals surface area contributed by atoms with Crippen molar-refractivity contribution in [2.45, 2.75) is 20.4 Å². The number of nitrogens with one attached hydrogen (secondary N) is 2. The number of H-pyrrole nitrogens is 1. The number of aromatic amines is 1. The Morgan fingerprint density at radius 1 is 1.08 bits per heavy atom. The lowest BCUT2D eigenvalue weighted by molar-refractivity contribution is 1.09. The summed E-state index contributed by atoms with van der Waals surface area (Å²) in [7, 11) is 0. The van der Waals surface area contributed by atoms with Gasteiger partial charge in [0.25, 0.3) is 0 Å². The minimum atomic E-state index is 0.259. The van der Waals surface area contributed by atoms with Crippen LogP contribution >= 0.6 is 0 Å². The fourth-order valence-corrected chi connectivity index (χ4v) is 3.01. The molecule has 0 aliphatic carbocycles. The average molecular weight is 344 g/mol. The van der Waals surface area contributed by atoms with E-state index in [1.54, 1.807) is 0 Å². The van der Waals surface area contributed by atoms with E-state index in [4.69, 9.17) is 5.73 Å². The third-order valence-corrected chi connectivity index (χ3v) is 4.60. The van der Waals surface area contributed by atoms with E-state index in [2.05, 4.69) is 63.6 Å². The van der Waals surface area contributed by atoms with Crippen LogP contribution in [0.25, 0.3) is 22.2 Å². The van der Waals surface area contributed by atoms with Gasteiger partial charge in [0.15, 0.2) is 0 Å². The molecule has 0 unspecified atom stereocenters. The van der Waals surface area contributed by atoms with Crippen LogP contribution in [0.3, 0.4) is 0 Å². The normalized spacial score (nSPS) is 11.0. The molecular formula is C20H20N6. The molecule has 0 saturated heterocycles. The third kappa shape index (κ3) is 3.09. The average Bonchev–Trinajstić information content (AvgIpc) is 3.09. The zero-order valence-electron chi connectivity index (χ0n) is 14.7. The van der Waals surface area contributed by atoms with Crippen molar-refractivity contribution in [3.05, 3.63) is 65.4 Å². The highest BCUT2D eigenvalue weighted by molar-refractivity contribution is 5.78. The number of benzene rings is 2. The van der Waals surface area contributed by atoms with E-state index in [1.165, 1.54) is 11.1 Å². The largest absolute Gasteiger partial charge is 0.368 e. The smallest absolute Gasteiger partial charge is 0.222 e. The molecular weight excluding hydrogens is 324 g/mol. The van der Waals surface area contributed by atoms with E-state index in [-0.39, 0.29) is 5.95 Å². The number of rotatable bonds is 4. The van der Waals surface area contributed by atoms with Crippen molar-refractivity contribution >= 4 is 22.7 Å². The molecule has 130 valence electrons. The van der Waals surface area contributed by atoms with Crippen LogP contribution in [0.4, 0.5) is 11.8 Å². The highest BCUT2D eigenvalue weighted by Crippen LogP contribution is 2.26. The van der Waals surface area contributed by atoms with Crippen LogP contribution in [0.2, 0.25) is 0 Å². The fourth-order valence-electron chi connectivity index (χ4n) is 3.01. The van der Waals surface area contributed by atoms with Crippen LogP contribution < -0.4 is 11.1 Å². The standard InChI is InChI=1S/C20H20N6/c1-12-4-3-5-16(13(12)2)18-9-19(25-20(21)24-18)22-10-14-6-7-15-11-23-26-17(15)8-14/h3-9,11H,10H2,1-2H3,(H,23,26)(H3,21,22,24,25). The zero-order chi connectivity index (χ0) is 18.1. The first-order chi connectivity index (χ1) is 12.6. The molecule has 0 fully saturated rings. The first-order valence-electron chi connectivity index (χ1n) is 8.47. The molecule has 0 aliphatic heterocycles. The van der Waals surface area contributed by atoms with Gasteiger partial charge in [-0.2, -0.15) is 10.1 Å². The Bertz CT molecular complexity index is 1080. The number of anilines is 2. The van der Waals surface area contributed by atoms with Crippen LogP contribution in [0.5, 0.6) is 0 Å². The second-order valence-corrected chi connectivity index (χ2v) is 6.39. The van der Waals surface area contributed by atoms with Gasteiger partial charge in [-0.05, 0) is 36.6 Å². The van der Waals surface area contributed by atoms with Crippen molar-refractivity contribution in [3.8, 4) is 11.3 Å². The van der Waals surface area contributed by atoms with Crippen LogP contribution in [-0.2, 0) is 6.54 Å². The van der Waals surface area contributed by atoms with Gasteiger partial charge in [0.1, 0.15) is 5.82 Å². The Kier molecular flexibility index (Phi) is 4.01. The van der Waals surface area contributed by atoms with Crippen molar-refractivity contribution in [2.75, 3.05) is 11.1 Å². The molecule has 0 saturated carbocycles. The lowest BCUT2D eigenvalue weighted by Crippen LogP contribution is -2.05. The number of nitrogens with zero attached hydrogens (tertiary/aromatic N) is 3. The molecule has 0 spiro atoms. The van der Waals surface area contributed by atoms with Gasteiger partial charge in [0.05, 0.1) is 17.4 Å². The van der Waals surface area contributed by atoms with Crippen LogP contribution in [0.1, 0.15) is 16.7 Å². The molecule has 4 rings (SSSR count). The predicted octanol–water partition coefficient (Wildman–Crippen LogP) is 3.83. The Hall–Kier alpha value is -3.41. The molecule has 0 atom stereocenters. The van der Waals surface area contributed by atoms with Crippen molar-refractivity contribution in [1.29, 1.82) is 0 Å². The second-order valence-electron chi connectivity index (χ2n) is 6.39. The maximum Gasteiger partial charge on any atom is 0.222 e. The van der Waals surface area contributed by atoms with Gasteiger partial charge in [0.2, 0.25) is 5.95 Å². The highest BCUT2D eigenvalue weighted by Gasteiger charge is 2.09. The molecule has 26 heavy (non-hydrogen) atoms. The molecule has 2 aromatic heterocycles. The number of hydrogen-bond acceptors (Lipinski definition) is 5. The quantitative estimate of drug-likeness (QED) is 0.523. The van der Waals surface area contributed by atoms with E-state index in [9.17, 15) is 0 Å². The van der Waals surface area contributed by atoms with Gasteiger partial charge in [-0.1, -0.05) is 30.3 Å². The molecule has 0 amide bonds. The van der Waals surface area contributed by atoms with Crippen LogP contribution in [0, 0.1) is 13.8 Å². The number of nitrogens with two attached hydrogens (primary N) is 1. The Morgan fingerprint density at radius 3 is 2.85 bits per heavy atom. The molecule has 6 nitrogen and oxygen atoms in total. The Labute approximate surface area is 151 Å². The lowest BCUT2D eigenvalue weighted by Gasteiger charge is -2.11. The number of fused-ring (bicyclic) bond motifs is 1. The highest BCUT2D eigenvalue weighted by atomic mass is 15.1. The zero-order valence-corrected chi connectivity index (χ0v) is 14.7. The summed E-state index contributed by atoms with van der Waals surface area (Å²) in [5, 5.41) is 11.5. The van der Waals surface area contributed by atoms with Crippen LogP contribution in [-0.4, -0.2) is 20.2 Å². The molecule has 2 aromatic carbocycles. The number of aryl methyl sites for hydroxylation is 1. The van der Waals surface area contributed by atoms with Crippen molar-refractivity contribution in [1.82, 2.24) is 20.2 Å². The minimum Gasteiger partial charge on any atom is -0.368 e. The maximum absolute atomic E-state index is 5.94. The SMILES string of the molecule is Cc1cccc(-c2cc(NCc3ccc4cn[nH]c4c3)nc(N)n2)c1C. The summed E-state index contributed by atoms with van der Waals surface area (Å²) >= 11 is 0. The molecule has 4 aromatic rings. The van der Waals surface area contributed by atoms with Gasteiger partial charge < -0.3 is 11.1 Å². The van der Waals surface area contributed by atoms with Gasteiger partial charge in [-0.3, -0.25) is 5.10 Å². The molecule has 0 aliphatic rings. The third-order valence-electron chi connectivity index (χ3n) is 4.60. The molecule has 2 heterocycles. The van der Waals surface area contributed by atoms with E-state index in [1.807, 2.05) is 24.4 Å². The van der Waals surface area contributed by atoms with Crippen molar-refractivity contribution < 1.29 is 0 Å². The van der Waals surface area contributed by atoms with Crippen molar-refractivity contribution in [2.24, 2.45) is 0 Å². The van der Waals surface area contributed by atoms with E-state index in [0.717, 1.165) is 27.7 Å². The maximum atomic E-state index is 5.94. The summed E-state index contributed by atoms with van der Waals surface area (Å²) in [6.45, 7) is 4.82. The summed E-state index contributed by atoms with van der Waals surface area (Å²) in [5.41, 5.74) is 12.4.